The van der Waals surface area contributed by atoms with Crippen LogP contribution in [0.2, 0.25) is 0 Å². The molecular weight excluding hydrogens is 136 g/mol. The van der Waals surface area contributed by atoms with Gasteiger partial charge >= 0.3 is 0 Å². The molecule has 0 aromatic heterocycles. The van der Waals surface area contributed by atoms with E-state index >= 15 is 0 Å². The van der Waals surface area contributed by atoms with Gasteiger partial charge in [0.15, 0.2) is 0 Å². The van der Waals surface area contributed by atoms with Crippen molar-refractivity contribution in [1.82, 2.24) is 10.6 Å². The fourth-order valence-corrected chi connectivity index (χ4v) is 0.808. The summed E-state index contributed by atoms with van der Waals surface area (Å²) in [4.78, 5) is 0. The lowest BCUT2D eigenvalue weighted by molar-refractivity contribution is 0.610. The fraction of sp³-hybridized carbons (Fsp3) is 0.778. The summed E-state index contributed by atoms with van der Waals surface area (Å²) in [5, 5.41) is 6.64. The second-order valence-corrected chi connectivity index (χ2v) is 2.58. The summed E-state index contributed by atoms with van der Waals surface area (Å²) >= 11 is 0. The van der Waals surface area contributed by atoms with Gasteiger partial charge in [-0.1, -0.05) is 13.0 Å². The smallest absolute Gasteiger partial charge is 0.00768 e. The van der Waals surface area contributed by atoms with Gasteiger partial charge in [-0.2, -0.15) is 0 Å². The van der Waals surface area contributed by atoms with Crippen LogP contribution in [-0.2, 0) is 0 Å². The quantitative estimate of drug-likeness (QED) is 0.407. The van der Waals surface area contributed by atoms with Crippen molar-refractivity contribution < 1.29 is 0 Å². The molecule has 0 atom stereocenters. The molecule has 0 aromatic carbocycles. The van der Waals surface area contributed by atoms with Gasteiger partial charge in [-0.15, -0.1) is 6.58 Å². The summed E-state index contributed by atoms with van der Waals surface area (Å²) in [7, 11) is 0. The summed E-state index contributed by atoms with van der Waals surface area (Å²) in [5.41, 5.74) is 0. The molecule has 0 saturated carbocycles. The van der Waals surface area contributed by atoms with Crippen LogP contribution in [0.15, 0.2) is 12.7 Å². The summed E-state index contributed by atoms with van der Waals surface area (Å²) < 4.78 is 0. The predicted molar refractivity (Wildman–Crippen MR) is 50.8 cm³/mol. The van der Waals surface area contributed by atoms with Gasteiger partial charge in [0.05, 0.1) is 0 Å². The number of hydrogen-bond acceptors (Lipinski definition) is 2. The zero-order valence-corrected chi connectivity index (χ0v) is 7.53. The first kappa shape index (κ1) is 10.7. The largest absolute Gasteiger partial charge is 0.315 e. The van der Waals surface area contributed by atoms with Crippen LogP contribution in [0.1, 0.15) is 19.8 Å². The van der Waals surface area contributed by atoms with Crippen molar-refractivity contribution in [2.75, 3.05) is 26.2 Å². The molecular formula is C9H20N2. The maximum absolute atomic E-state index is 3.65. The van der Waals surface area contributed by atoms with E-state index in [2.05, 4.69) is 24.1 Å². The first-order valence-electron chi connectivity index (χ1n) is 4.44. The molecule has 0 spiro atoms. The molecule has 0 heterocycles. The van der Waals surface area contributed by atoms with E-state index in [1.54, 1.807) is 0 Å². The maximum atomic E-state index is 3.65. The van der Waals surface area contributed by atoms with Crippen LogP contribution in [0.5, 0.6) is 0 Å². The van der Waals surface area contributed by atoms with Gasteiger partial charge < -0.3 is 10.6 Å². The SMILES string of the molecule is C=CCCNCCNCCC. The Morgan fingerprint density at radius 1 is 1.09 bits per heavy atom. The van der Waals surface area contributed by atoms with Crippen molar-refractivity contribution in [2.45, 2.75) is 19.8 Å². The Kier molecular flexibility index (Phi) is 9.36. The second-order valence-electron chi connectivity index (χ2n) is 2.58. The fourth-order valence-electron chi connectivity index (χ4n) is 0.808. The highest BCUT2D eigenvalue weighted by Gasteiger charge is 1.84. The molecule has 0 aliphatic rings. The molecule has 0 fully saturated rings. The third kappa shape index (κ3) is 9.66. The predicted octanol–water partition coefficient (Wildman–Crippen LogP) is 1.15. The van der Waals surface area contributed by atoms with Gasteiger partial charge in [0.25, 0.3) is 0 Å². The highest BCUT2D eigenvalue weighted by molar-refractivity contribution is 4.67. The van der Waals surface area contributed by atoms with E-state index < -0.39 is 0 Å². The topological polar surface area (TPSA) is 24.1 Å². The third-order valence-corrected chi connectivity index (χ3v) is 1.43. The van der Waals surface area contributed by atoms with Gasteiger partial charge in [-0.05, 0) is 25.9 Å². The molecule has 2 heteroatoms. The average molecular weight is 156 g/mol. The van der Waals surface area contributed by atoms with Crippen LogP contribution in [0, 0.1) is 0 Å². The normalized spacial score (nSPS) is 9.91. The summed E-state index contributed by atoms with van der Waals surface area (Å²) in [6, 6.07) is 0. The van der Waals surface area contributed by atoms with E-state index in [1.807, 2.05) is 6.08 Å². The van der Waals surface area contributed by atoms with Gasteiger partial charge in [0, 0.05) is 13.1 Å². The van der Waals surface area contributed by atoms with E-state index in [4.69, 9.17) is 0 Å². The highest BCUT2D eigenvalue weighted by Crippen LogP contribution is 1.74. The Bertz CT molecular complexity index is 81.6. The molecule has 0 amide bonds. The molecule has 0 saturated heterocycles. The van der Waals surface area contributed by atoms with E-state index in [-0.39, 0.29) is 0 Å². The second kappa shape index (κ2) is 9.66. The van der Waals surface area contributed by atoms with Crippen molar-refractivity contribution in [3.8, 4) is 0 Å². The van der Waals surface area contributed by atoms with E-state index in [0.717, 1.165) is 32.6 Å². The van der Waals surface area contributed by atoms with Crippen LogP contribution in [0.4, 0.5) is 0 Å². The molecule has 0 aliphatic heterocycles. The Morgan fingerprint density at radius 2 is 1.73 bits per heavy atom. The minimum atomic E-state index is 1.05. The third-order valence-electron chi connectivity index (χ3n) is 1.43. The standard InChI is InChI=1S/C9H20N2/c1-3-5-7-11-9-8-10-6-4-2/h3,10-11H,1,4-9H2,2H3. The number of hydrogen-bond donors (Lipinski definition) is 2. The van der Waals surface area contributed by atoms with Crippen molar-refractivity contribution in [2.24, 2.45) is 0 Å². The summed E-state index contributed by atoms with van der Waals surface area (Å²) in [6.07, 6.45) is 4.22. The summed E-state index contributed by atoms with van der Waals surface area (Å²) in [6.45, 7) is 10.1. The van der Waals surface area contributed by atoms with Crippen LogP contribution in [-0.4, -0.2) is 26.2 Å². The Labute approximate surface area is 70.1 Å². The summed E-state index contributed by atoms with van der Waals surface area (Å²) in [5.74, 6) is 0. The lowest BCUT2D eigenvalue weighted by atomic mass is 10.4. The monoisotopic (exact) mass is 156 g/mol. The minimum absolute atomic E-state index is 1.05. The molecule has 0 aromatic rings. The lowest BCUT2D eigenvalue weighted by Crippen LogP contribution is -2.28. The van der Waals surface area contributed by atoms with Crippen molar-refractivity contribution in [3.63, 3.8) is 0 Å². The highest BCUT2D eigenvalue weighted by atomic mass is 14.9. The average Bonchev–Trinajstić information content (AvgIpc) is 2.03. The Hall–Kier alpha value is -0.340. The molecule has 0 radical (unpaired) electrons. The molecule has 11 heavy (non-hydrogen) atoms. The zero-order chi connectivity index (χ0) is 8.36. The van der Waals surface area contributed by atoms with Gasteiger partial charge in [0.1, 0.15) is 0 Å². The van der Waals surface area contributed by atoms with Gasteiger partial charge in [-0.25, -0.2) is 0 Å². The zero-order valence-electron chi connectivity index (χ0n) is 7.53. The van der Waals surface area contributed by atoms with Crippen molar-refractivity contribution >= 4 is 0 Å². The van der Waals surface area contributed by atoms with E-state index in [9.17, 15) is 0 Å². The van der Waals surface area contributed by atoms with E-state index in [1.165, 1.54) is 6.42 Å². The number of rotatable bonds is 8. The minimum Gasteiger partial charge on any atom is -0.315 e. The first-order valence-corrected chi connectivity index (χ1v) is 4.44. The van der Waals surface area contributed by atoms with Gasteiger partial charge in [0.2, 0.25) is 0 Å². The molecule has 0 rings (SSSR count). The molecule has 0 unspecified atom stereocenters. The molecule has 0 bridgehead atoms. The first-order chi connectivity index (χ1) is 5.41. The van der Waals surface area contributed by atoms with Crippen LogP contribution in [0.25, 0.3) is 0 Å². The number of nitrogens with one attached hydrogen (secondary N) is 2. The lowest BCUT2D eigenvalue weighted by Gasteiger charge is -2.03. The Morgan fingerprint density at radius 3 is 2.27 bits per heavy atom. The molecule has 2 N–H and O–H groups in total. The van der Waals surface area contributed by atoms with Crippen molar-refractivity contribution in [1.29, 1.82) is 0 Å². The molecule has 2 nitrogen and oxygen atoms in total. The molecule has 66 valence electrons. The van der Waals surface area contributed by atoms with Crippen molar-refractivity contribution in [3.05, 3.63) is 12.7 Å². The van der Waals surface area contributed by atoms with Crippen LogP contribution >= 0.6 is 0 Å². The van der Waals surface area contributed by atoms with Gasteiger partial charge in [-0.3, -0.25) is 0 Å². The molecule has 0 aliphatic carbocycles. The maximum Gasteiger partial charge on any atom is 0.00768 e. The Balaban J connectivity index is 2.74. The van der Waals surface area contributed by atoms with Crippen LogP contribution < -0.4 is 10.6 Å². The van der Waals surface area contributed by atoms with E-state index in [0.29, 0.717) is 0 Å². The van der Waals surface area contributed by atoms with Crippen LogP contribution in [0.3, 0.4) is 0 Å².